The maximum atomic E-state index is 11.3. The fourth-order valence-corrected chi connectivity index (χ4v) is 2.85. The number of nitriles is 1. The summed E-state index contributed by atoms with van der Waals surface area (Å²) in [7, 11) is 0. The molecule has 0 spiro atoms. The average molecular weight is 410 g/mol. The van der Waals surface area contributed by atoms with Gasteiger partial charge in [-0.2, -0.15) is 5.26 Å². The number of aliphatic imine (C=N–C) groups is 1. The van der Waals surface area contributed by atoms with Crippen LogP contribution in [0.25, 0.3) is 11.0 Å². The van der Waals surface area contributed by atoms with E-state index in [0.717, 1.165) is 36.0 Å². The van der Waals surface area contributed by atoms with Crippen molar-refractivity contribution in [1.29, 1.82) is 5.26 Å². The molecule has 9 heteroatoms. The lowest BCUT2D eigenvalue weighted by molar-refractivity contribution is -0.134. The van der Waals surface area contributed by atoms with Crippen LogP contribution < -0.4 is 16.8 Å². The Morgan fingerprint density at radius 2 is 2.03 bits per heavy atom. The molecule has 0 atom stereocenters. The predicted molar refractivity (Wildman–Crippen MR) is 115 cm³/mol. The Morgan fingerprint density at radius 1 is 1.30 bits per heavy atom. The summed E-state index contributed by atoms with van der Waals surface area (Å²) in [5.41, 5.74) is 11.9. The quantitative estimate of drug-likeness (QED) is 0.231. The minimum atomic E-state index is -0.426. The van der Waals surface area contributed by atoms with Gasteiger partial charge in [0.2, 0.25) is 17.8 Å². The highest BCUT2D eigenvalue weighted by molar-refractivity contribution is 5.86. The van der Waals surface area contributed by atoms with Gasteiger partial charge in [-0.15, -0.1) is 12.8 Å². The van der Waals surface area contributed by atoms with Gasteiger partial charge in [-0.1, -0.05) is 6.42 Å². The molecule has 2 heterocycles. The summed E-state index contributed by atoms with van der Waals surface area (Å²) in [5.74, 6) is 0.554. The first-order chi connectivity index (χ1) is 14.4. The molecular weight excluding hydrogens is 384 g/mol. The maximum Gasteiger partial charge on any atom is 0.237 e. The second-order valence-electron chi connectivity index (χ2n) is 6.41. The molecule has 1 fully saturated rings. The molecule has 1 aliphatic heterocycles. The zero-order valence-electron chi connectivity index (χ0n) is 16.9. The van der Waals surface area contributed by atoms with Gasteiger partial charge in [0.15, 0.2) is 6.19 Å². The number of nitrogens with two attached hydrogens (primary N) is 2. The topological polar surface area (TPSA) is 151 Å². The Bertz CT molecular complexity index is 955. The summed E-state index contributed by atoms with van der Waals surface area (Å²) >= 11 is 0. The van der Waals surface area contributed by atoms with E-state index in [9.17, 15) is 9.59 Å². The smallest absolute Gasteiger partial charge is 0.237 e. The maximum absolute atomic E-state index is 11.3. The molecule has 158 valence electrons. The summed E-state index contributed by atoms with van der Waals surface area (Å²) in [6.45, 7) is 2.65. The summed E-state index contributed by atoms with van der Waals surface area (Å²) in [6.07, 6.45) is 13.3. The second-order valence-corrected chi connectivity index (χ2v) is 6.41. The molecule has 5 N–H and O–H groups in total. The molecule has 0 bridgehead atoms. The summed E-state index contributed by atoms with van der Waals surface area (Å²) in [5, 5.41) is 11.6. The van der Waals surface area contributed by atoms with Gasteiger partial charge >= 0.3 is 0 Å². The van der Waals surface area contributed by atoms with Gasteiger partial charge in [0.25, 0.3) is 0 Å². The van der Waals surface area contributed by atoms with Crippen molar-refractivity contribution in [2.45, 2.75) is 32.6 Å². The van der Waals surface area contributed by atoms with Crippen LogP contribution in [-0.2, 0) is 9.59 Å². The van der Waals surface area contributed by atoms with Crippen molar-refractivity contribution in [2.75, 3.05) is 13.1 Å². The third-order valence-electron chi connectivity index (χ3n) is 4.07. The molecule has 0 radical (unpaired) electrons. The number of carbonyl (C=O) groups excluding carboxylic acids is 2. The van der Waals surface area contributed by atoms with E-state index in [2.05, 4.69) is 23.2 Å². The van der Waals surface area contributed by atoms with E-state index in [-0.39, 0.29) is 18.4 Å². The number of furan rings is 1. The first-order valence-corrected chi connectivity index (χ1v) is 9.28. The number of carbonyl (C=O) groups is 2. The fraction of sp³-hybridized carbons (Fsp3) is 0.333. The largest absolute Gasteiger partial charge is 0.461 e. The fourth-order valence-electron chi connectivity index (χ4n) is 2.85. The van der Waals surface area contributed by atoms with Gasteiger partial charge in [0.05, 0.1) is 12.2 Å². The molecular formula is C21H26N6O3. The number of likely N-dealkylation sites (tertiary alicyclic amines) is 1. The molecule has 3 rings (SSSR count). The number of amides is 2. The van der Waals surface area contributed by atoms with Crippen LogP contribution in [0.4, 0.5) is 5.69 Å². The van der Waals surface area contributed by atoms with Crippen LogP contribution in [0.5, 0.6) is 0 Å². The number of terminal acetylenes is 1. The summed E-state index contributed by atoms with van der Waals surface area (Å²) < 4.78 is 5.43. The number of aryl methyl sites for hydroxylation is 1. The number of guanidine groups is 1. The van der Waals surface area contributed by atoms with Crippen molar-refractivity contribution in [2.24, 2.45) is 16.5 Å². The highest BCUT2D eigenvalue weighted by atomic mass is 16.3. The number of benzene rings is 1. The lowest BCUT2D eigenvalue weighted by Gasteiger charge is -2.17. The molecule has 1 saturated heterocycles. The molecule has 1 aliphatic rings. The number of hydrogen-bond acceptors (Lipinski definition) is 5. The lowest BCUT2D eigenvalue weighted by atomic mass is 10.2. The summed E-state index contributed by atoms with van der Waals surface area (Å²) in [4.78, 5) is 27.4. The van der Waals surface area contributed by atoms with E-state index in [1.54, 1.807) is 17.2 Å². The van der Waals surface area contributed by atoms with E-state index in [1.807, 2.05) is 25.1 Å². The van der Waals surface area contributed by atoms with Crippen LogP contribution in [-0.4, -0.2) is 35.8 Å². The minimum absolute atomic E-state index is 0.0614. The zero-order chi connectivity index (χ0) is 22.5. The number of nitrogens with one attached hydrogen (secondary N) is 1. The van der Waals surface area contributed by atoms with Crippen LogP contribution in [0.2, 0.25) is 0 Å². The molecule has 1 aromatic heterocycles. The first kappa shape index (κ1) is 24.1. The standard InChI is InChI=1S/C11H10N4O.C8H14N2O2.C2H2/c1-7-4-8-5-9(2-3-10(8)16-7)15-11(13)14-6-12;9-7(11)6-10-5-3-1-2-4-8(10)12;1-2/h2-5H,1H3,(H3,13,14,15);1-6H2,(H2,9,11);1-2H. The third-order valence-corrected chi connectivity index (χ3v) is 4.07. The normalized spacial score (nSPS) is 13.7. The van der Waals surface area contributed by atoms with Crippen LogP contribution in [0.15, 0.2) is 33.7 Å². The predicted octanol–water partition coefficient (Wildman–Crippen LogP) is 1.88. The van der Waals surface area contributed by atoms with E-state index in [0.29, 0.717) is 18.7 Å². The van der Waals surface area contributed by atoms with Crippen LogP contribution in [0.3, 0.4) is 0 Å². The highest BCUT2D eigenvalue weighted by Gasteiger charge is 2.17. The molecule has 2 aromatic rings. The van der Waals surface area contributed by atoms with Gasteiger partial charge in [-0.3, -0.25) is 14.9 Å². The number of hydrogen-bond donors (Lipinski definition) is 3. The Kier molecular flexibility index (Phi) is 10.0. The van der Waals surface area contributed by atoms with Gasteiger partial charge in [0.1, 0.15) is 11.3 Å². The average Bonchev–Trinajstić information content (AvgIpc) is 2.96. The van der Waals surface area contributed by atoms with Crippen molar-refractivity contribution < 1.29 is 14.0 Å². The first-order valence-electron chi connectivity index (χ1n) is 9.28. The Labute approximate surface area is 175 Å². The summed E-state index contributed by atoms with van der Waals surface area (Å²) in [6, 6.07) is 7.36. The molecule has 0 saturated carbocycles. The number of rotatable bonds is 3. The molecule has 9 nitrogen and oxygen atoms in total. The van der Waals surface area contributed by atoms with Crippen LogP contribution in [0.1, 0.15) is 31.4 Å². The molecule has 0 aliphatic carbocycles. The van der Waals surface area contributed by atoms with E-state index < -0.39 is 5.91 Å². The second kappa shape index (κ2) is 12.5. The molecule has 0 unspecified atom stereocenters. The number of fused-ring (bicyclic) bond motifs is 1. The van der Waals surface area contributed by atoms with Crippen molar-refractivity contribution in [1.82, 2.24) is 10.2 Å². The van der Waals surface area contributed by atoms with Crippen LogP contribution in [0, 0.1) is 31.2 Å². The van der Waals surface area contributed by atoms with Gasteiger partial charge in [-0.05, 0) is 44.0 Å². The Hall–Kier alpha value is -3.98. The number of nitrogens with zero attached hydrogens (tertiary/aromatic N) is 3. The van der Waals surface area contributed by atoms with Crippen molar-refractivity contribution >= 4 is 34.4 Å². The van der Waals surface area contributed by atoms with Crippen molar-refractivity contribution in [3.05, 3.63) is 30.0 Å². The number of primary amides is 1. The van der Waals surface area contributed by atoms with Gasteiger partial charge in [0, 0.05) is 18.4 Å². The van der Waals surface area contributed by atoms with Gasteiger partial charge < -0.3 is 20.8 Å². The van der Waals surface area contributed by atoms with Crippen molar-refractivity contribution in [3.8, 4) is 19.0 Å². The van der Waals surface area contributed by atoms with Gasteiger partial charge in [-0.25, -0.2) is 4.99 Å². The molecule has 30 heavy (non-hydrogen) atoms. The SMILES string of the molecule is C#C.Cc1cc2cc(N=C(N)NC#N)ccc2o1.NC(=O)CN1CCCCCC1=O. The highest BCUT2D eigenvalue weighted by Crippen LogP contribution is 2.24. The van der Waals surface area contributed by atoms with E-state index >= 15 is 0 Å². The molecule has 2 amide bonds. The van der Waals surface area contributed by atoms with Crippen LogP contribution >= 0.6 is 0 Å². The Morgan fingerprint density at radius 3 is 2.70 bits per heavy atom. The zero-order valence-corrected chi connectivity index (χ0v) is 16.9. The lowest BCUT2D eigenvalue weighted by Crippen LogP contribution is -2.37. The third kappa shape index (κ3) is 7.95. The monoisotopic (exact) mass is 410 g/mol. The molecule has 1 aromatic carbocycles. The van der Waals surface area contributed by atoms with E-state index in [1.165, 1.54) is 0 Å². The Balaban J connectivity index is 0.000000287. The van der Waals surface area contributed by atoms with Crippen molar-refractivity contribution in [3.63, 3.8) is 0 Å². The minimum Gasteiger partial charge on any atom is -0.461 e. The van der Waals surface area contributed by atoms with E-state index in [4.69, 9.17) is 21.1 Å².